The second kappa shape index (κ2) is 9.95. The summed E-state index contributed by atoms with van der Waals surface area (Å²) in [4.78, 5) is 28.7. The molecule has 0 saturated carbocycles. The van der Waals surface area contributed by atoms with Gasteiger partial charge in [-0.1, -0.05) is 84.0 Å². The van der Waals surface area contributed by atoms with Gasteiger partial charge in [0, 0.05) is 17.3 Å². The van der Waals surface area contributed by atoms with Crippen LogP contribution < -0.4 is 5.32 Å². The molecule has 4 rings (SSSR count). The highest BCUT2D eigenvalue weighted by molar-refractivity contribution is 8.01. The van der Waals surface area contributed by atoms with Gasteiger partial charge in [-0.3, -0.25) is 14.9 Å². The molecule has 0 unspecified atom stereocenters. The number of halogens is 1. The number of nitrogens with one attached hydrogen (secondary N) is 1. The van der Waals surface area contributed by atoms with Crippen LogP contribution in [0.3, 0.4) is 0 Å². The molecule has 0 bridgehead atoms. The molecule has 1 N–H and O–H groups in total. The van der Waals surface area contributed by atoms with Gasteiger partial charge in [-0.15, -0.1) is 11.3 Å². The molecule has 32 heavy (non-hydrogen) atoms. The van der Waals surface area contributed by atoms with Gasteiger partial charge in [0.2, 0.25) is 5.91 Å². The number of nitro groups is 1. The monoisotopic (exact) mass is 481 g/mol. The fourth-order valence-corrected chi connectivity index (χ4v) is 5.15. The Morgan fingerprint density at radius 2 is 1.69 bits per heavy atom. The van der Waals surface area contributed by atoms with Crippen LogP contribution in [-0.4, -0.2) is 21.6 Å². The van der Waals surface area contributed by atoms with Crippen molar-refractivity contribution in [2.75, 3.05) is 11.1 Å². The lowest BCUT2D eigenvalue weighted by atomic mass is 10.1. The Morgan fingerprint density at radius 3 is 2.34 bits per heavy atom. The number of amides is 1. The molecule has 160 valence electrons. The Hall–Kier alpha value is -3.20. The predicted molar refractivity (Wildman–Crippen MR) is 130 cm³/mol. The lowest BCUT2D eigenvalue weighted by molar-refractivity contribution is -0.384. The number of nitro benzene ring substituents is 1. The molecule has 1 aromatic heterocycles. The summed E-state index contributed by atoms with van der Waals surface area (Å²) in [5.41, 5.74) is 3.01. The third-order valence-electron chi connectivity index (χ3n) is 4.44. The molecular formula is C23H16ClN3O3S2. The summed E-state index contributed by atoms with van der Waals surface area (Å²) in [6.07, 6.45) is 0. The SMILES string of the molecule is O=C(CSc1nc(-c2ccccc2)c(-c2ccccc2)s1)Nc1ccc(Cl)c([N+](=O)[O-])c1. The third kappa shape index (κ3) is 5.16. The summed E-state index contributed by atoms with van der Waals surface area (Å²) >= 11 is 8.67. The van der Waals surface area contributed by atoms with Gasteiger partial charge in [0.25, 0.3) is 5.69 Å². The van der Waals surface area contributed by atoms with Gasteiger partial charge < -0.3 is 5.32 Å². The summed E-state index contributed by atoms with van der Waals surface area (Å²) in [5.74, 6) is -0.170. The van der Waals surface area contributed by atoms with Crippen LogP contribution in [0.2, 0.25) is 5.02 Å². The van der Waals surface area contributed by atoms with Gasteiger partial charge in [0.1, 0.15) is 5.02 Å². The van der Waals surface area contributed by atoms with E-state index in [2.05, 4.69) is 5.32 Å². The van der Waals surface area contributed by atoms with Crippen molar-refractivity contribution in [3.8, 4) is 21.7 Å². The van der Waals surface area contributed by atoms with Crippen molar-refractivity contribution in [3.05, 3.63) is 94.0 Å². The molecule has 0 atom stereocenters. The number of hydrogen-bond acceptors (Lipinski definition) is 6. The van der Waals surface area contributed by atoms with Gasteiger partial charge in [-0.05, 0) is 17.7 Å². The van der Waals surface area contributed by atoms with E-state index in [1.165, 1.54) is 41.3 Å². The molecule has 0 spiro atoms. The zero-order valence-corrected chi connectivity index (χ0v) is 18.9. The first-order valence-corrected chi connectivity index (χ1v) is 11.7. The third-order valence-corrected chi connectivity index (χ3v) is 7.01. The van der Waals surface area contributed by atoms with Crippen LogP contribution in [0.25, 0.3) is 21.7 Å². The number of anilines is 1. The topological polar surface area (TPSA) is 85.1 Å². The molecule has 9 heteroatoms. The number of carbonyl (C=O) groups excluding carboxylic acids is 1. The van der Waals surface area contributed by atoms with E-state index < -0.39 is 4.92 Å². The summed E-state index contributed by atoms with van der Waals surface area (Å²) in [6, 6.07) is 24.1. The maximum atomic E-state index is 12.4. The molecule has 4 aromatic rings. The summed E-state index contributed by atoms with van der Waals surface area (Å²) < 4.78 is 0.764. The average Bonchev–Trinajstić information content (AvgIpc) is 3.24. The Balaban J connectivity index is 1.51. The van der Waals surface area contributed by atoms with E-state index >= 15 is 0 Å². The van der Waals surface area contributed by atoms with E-state index in [-0.39, 0.29) is 22.4 Å². The number of carbonyl (C=O) groups is 1. The molecule has 0 saturated heterocycles. The Bertz CT molecular complexity index is 1210. The van der Waals surface area contributed by atoms with Gasteiger partial charge in [0.15, 0.2) is 4.34 Å². The van der Waals surface area contributed by atoms with Crippen LogP contribution in [0.1, 0.15) is 0 Å². The molecule has 1 amide bonds. The normalized spacial score (nSPS) is 10.7. The standard InChI is InChI=1S/C23H16ClN3O3S2/c24-18-12-11-17(13-19(18)27(29)30)25-20(28)14-31-23-26-21(15-7-3-1-4-8-15)22(32-23)16-9-5-2-6-10-16/h1-13H,14H2,(H,25,28). The highest BCUT2D eigenvalue weighted by Gasteiger charge is 2.17. The minimum absolute atomic E-state index is 0.0204. The van der Waals surface area contributed by atoms with Crippen molar-refractivity contribution >= 4 is 52.0 Å². The van der Waals surface area contributed by atoms with Crippen molar-refractivity contribution in [3.63, 3.8) is 0 Å². The van der Waals surface area contributed by atoms with Gasteiger partial charge in [-0.25, -0.2) is 4.98 Å². The first-order chi connectivity index (χ1) is 15.5. The maximum Gasteiger partial charge on any atom is 0.289 e. The molecule has 0 aliphatic carbocycles. The zero-order chi connectivity index (χ0) is 22.5. The molecule has 0 aliphatic heterocycles. The number of aromatic nitrogens is 1. The van der Waals surface area contributed by atoms with E-state index in [9.17, 15) is 14.9 Å². The van der Waals surface area contributed by atoms with Gasteiger partial charge in [-0.2, -0.15) is 0 Å². The fraction of sp³-hybridized carbons (Fsp3) is 0.0435. The van der Waals surface area contributed by atoms with E-state index in [0.29, 0.717) is 5.69 Å². The van der Waals surface area contributed by atoms with E-state index in [1.54, 1.807) is 0 Å². The lowest BCUT2D eigenvalue weighted by Crippen LogP contribution is -2.14. The van der Waals surface area contributed by atoms with Crippen molar-refractivity contribution in [2.24, 2.45) is 0 Å². The van der Waals surface area contributed by atoms with Crippen LogP contribution in [0.15, 0.2) is 83.2 Å². The smallest absolute Gasteiger partial charge is 0.289 e. The van der Waals surface area contributed by atoms with Crippen LogP contribution in [-0.2, 0) is 4.79 Å². The first kappa shape index (κ1) is 22.0. The van der Waals surface area contributed by atoms with Gasteiger partial charge >= 0.3 is 0 Å². The Kier molecular flexibility index (Phi) is 6.84. The molecular weight excluding hydrogens is 466 g/mol. The lowest BCUT2D eigenvalue weighted by Gasteiger charge is -2.05. The quantitative estimate of drug-likeness (QED) is 0.179. The Morgan fingerprint density at radius 1 is 1.03 bits per heavy atom. The number of benzene rings is 3. The molecule has 0 radical (unpaired) electrons. The Labute approximate surface area is 197 Å². The zero-order valence-electron chi connectivity index (χ0n) is 16.5. The van der Waals surface area contributed by atoms with Crippen LogP contribution in [0, 0.1) is 10.1 Å². The molecule has 1 heterocycles. The van der Waals surface area contributed by atoms with Crippen LogP contribution in [0.4, 0.5) is 11.4 Å². The van der Waals surface area contributed by atoms with Crippen molar-refractivity contribution in [2.45, 2.75) is 4.34 Å². The molecule has 0 fully saturated rings. The average molecular weight is 482 g/mol. The minimum atomic E-state index is -0.585. The van der Waals surface area contributed by atoms with Crippen molar-refractivity contribution < 1.29 is 9.72 Å². The summed E-state index contributed by atoms with van der Waals surface area (Å²) in [6.45, 7) is 0. The highest BCUT2D eigenvalue weighted by atomic mass is 35.5. The highest BCUT2D eigenvalue weighted by Crippen LogP contribution is 2.40. The van der Waals surface area contributed by atoms with Crippen LogP contribution >= 0.6 is 34.7 Å². The second-order valence-corrected chi connectivity index (χ2v) is 9.28. The number of thioether (sulfide) groups is 1. The molecule has 3 aromatic carbocycles. The summed E-state index contributed by atoms with van der Waals surface area (Å²) in [7, 11) is 0. The fourth-order valence-electron chi connectivity index (χ4n) is 2.99. The van der Waals surface area contributed by atoms with E-state index in [1.807, 2.05) is 60.7 Å². The van der Waals surface area contributed by atoms with Crippen LogP contribution in [0.5, 0.6) is 0 Å². The second-order valence-electron chi connectivity index (χ2n) is 6.65. The predicted octanol–water partition coefficient (Wildman–Crippen LogP) is 6.77. The van der Waals surface area contributed by atoms with E-state index in [0.717, 1.165) is 26.0 Å². The van der Waals surface area contributed by atoms with Crippen molar-refractivity contribution in [1.29, 1.82) is 0 Å². The number of hydrogen-bond donors (Lipinski definition) is 1. The van der Waals surface area contributed by atoms with Gasteiger partial charge in [0.05, 0.1) is 21.2 Å². The molecule has 0 aliphatic rings. The largest absolute Gasteiger partial charge is 0.325 e. The van der Waals surface area contributed by atoms with Crippen molar-refractivity contribution in [1.82, 2.24) is 4.98 Å². The maximum absolute atomic E-state index is 12.4. The summed E-state index contributed by atoms with van der Waals surface area (Å²) in [5, 5.41) is 13.7. The molecule has 6 nitrogen and oxygen atoms in total. The number of thiazole rings is 1. The van der Waals surface area contributed by atoms with E-state index in [4.69, 9.17) is 16.6 Å². The minimum Gasteiger partial charge on any atom is -0.325 e. The number of rotatable bonds is 7. The number of nitrogens with zero attached hydrogens (tertiary/aromatic N) is 2. The first-order valence-electron chi connectivity index (χ1n) is 9.49.